The summed E-state index contributed by atoms with van der Waals surface area (Å²) in [4.78, 5) is 30.7. The molecule has 1 atom stereocenters. The summed E-state index contributed by atoms with van der Waals surface area (Å²) in [6.45, 7) is 1.48. The van der Waals surface area contributed by atoms with Crippen LogP contribution in [0.1, 0.15) is 39.1 Å². The number of amides is 2. The fraction of sp³-hybridized carbons (Fsp3) is 0.188. The smallest absolute Gasteiger partial charge is 0.256 e. The van der Waals surface area contributed by atoms with Gasteiger partial charge >= 0.3 is 0 Å². The molecule has 0 bridgehead atoms. The van der Waals surface area contributed by atoms with Crippen LogP contribution in [0.4, 0.5) is 5.82 Å². The summed E-state index contributed by atoms with van der Waals surface area (Å²) in [5, 5.41) is 29.9. The topological polar surface area (TPSA) is 136 Å². The second kappa shape index (κ2) is 12.3. The molecule has 1 unspecified atom stereocenters. The van der Waals surface area contributed by atoms with Gasteiger partial charge in [0.05, 0.1) is 12.8 Å². The Labute approximate surface area is 237 Å². The summed E-state index contributed by atoms with van der Waals surface area (Å²) in [5.74, 6) is -0.0552. The lowest BCUT2D eigenvalue weighted by molar-refractivity contribution is 0.0949. The largest absolute Gasteiger partial charge is 0.507 e. The minimum atomic E-state index is -0.467. The number of pyridine rings is 1. The van der Waals surface area contributed by atoms with Gasteiger partial charge in [-0.15, -0.1) is 0 Å². The van der Waals surface area contributed by atoms with Crippen LogP contribution in [0.15, 0.2) is 78.9 Å². The Morgan fingerprint density at radius 3 is 2.54 bits per heavy atom. The number of aromatic nitrogens is 1. The first kappa shape index (κ1) is 27.4. The van der Waals surface area contributed by atoms with E-state index in [0.717, 1.165) is 19.4 Å². The van der Waals surface area contributed by atoms with Crippen molar-refractivity contribution in [2.45, 2.75) is 18.9 Å². The Bertz CT molecular complexity index is 1620. The molecular weight excluding hydrogens is 518 g/mol. The van der Waals surface area contributed by atoms with Crippen molar-refractivity contribution in [1.82, 2.24) is 15.6 Å². The number of carbonyl (C=O) groups excluding carboxylic acids is 2. The van der Waals surface area contributed by atoms with Gasteiger partial charge in [-0.05, 0) is 79.5 Å². The zero-order chi connectivity index (χ0) is 28.8. The Hall–Kier alpha value is -5.20. The van der Waals surface area contributed by atoms with Crippen molar-refractivity contribution >= 4 is 17.6 Å². The third-order valence-electron chi connectivity index (χ3n) is 7.00. The Kier molecular flexibility index (Phi) is 8.23. The van der Waals surface area contributed by atoms with E-state index in [-0.39, 0.29) is 29.1 Å². The first-order valence-electron chi connectivity index (χ1n) is 13.3. The van der Waals surface area contributed by atoms with Gasteiger partial charge in [-0.1, -0.05) is 24.3 Å². The first-order chi connectivity index (χ1) is 20.0. The number of nitriles is 1. The molecular formula is C32H29N5O4. The predicted octanol–water partition coefficient (Wildman–Crippen LogP) is 4.74. The molecule has 1 fully saturated rings. The summed E-state index contributed by atoms with van der Waals surface area (Å²) in [5.41, 5.74) is 2.74. The molecule has 9 heteroatoms. The van der Waals surface area contributed by atoms with E-state index in [1.165, 1.54) is 13.2 Å². The molecule has 0 radical (unpaired) electrons. The van der Waals surface area contributed by atoms with Gasteiger partial charge < -0.3 is 25.8 Å². The molecule has 41 heavy (non-hydrogen) atoms. The lowest BCUT2D eigenvalue weighted by Gasteiger charge is -2.15. The van der Waals surface area contributed by atoms with E-state index < -0.39 is 5.91 Å². The van der Waals surface area contributed by atoms with E-state index in [0.29, 0.717) is 45.8 Å². The molecule has 1 saturated heterocycles. The van der Waals surface area contributed by atoms with Gasteiger partial charge in [0, 0.05) is 34.8 Å². The van der Waals surface area contributed by atoms with Gasteiger partial charge in [0.15, 0.2) is 5.82 Å². The maximum absolute atomic E-state index is 13.2. The highest BCUT2D eigenvalue weighted by molar-refractivity contribution is 6.05. The number of ether oxygens (including phenoxy) is 1. The number of carbonyl (C=O) groups is 2. The van der Waals surface area contributed by atoms with Crippen molar-refractivity contribution in [2.24, 2.45) is 0 Å². The van der Waals surface area contributed by atoms with Crippen LogP contribution >= 0.6 is 0 Å². The van der Waals surface area contributed by atoms with Crippen molar-refractivity contribution in [2.75, 3.05) is 25.5 Å². The number of phenolic OH excluding ortho intramolecular Hbond substituents is 1. The summed E-state index contributed by atoms with van der Waals surface area (Å²) in [7, 11) is 1.54. The average molecular weight is 548 g/mol. The number of phenols is 1. The Morgan fingerprint density at radius 2 is 1.83 bits per heavy atom. The second-order valence-corrected chi connectivity index (χ2v) is 9.67. The minimum Gasteiger partial charge on any atom is -0.507 e. The van der Waals surface area contributed by atoms with Gasteiger partial charge in [-0.2, -0.15) is 5.26 Å². The maximum atomic E-state index is 13.2. The van der Waals surface area contributed by atoms with Crippen LogP contribution in [0.2, 0.25) is 0 Å². The number of hydrogen-bond acceptors (Lipinski definition) is 7. The monoisotopic (exact) mass is 547 g/mol. The molecule has 9 nitrogen and oxygen atoms in total. The van der Waals surface area contributed by atoms with E-state index in [9.17, 15) is 20.0 Å². The zero-order valence-electron chi connectivity index (χ0n) is 22.5. The molecule has 2 amide bonds. The van der Waals surface area contributed by atoms with Gasteiger partial charge in [-0.25, -0.2) is 4.98 Å². The summed E-state index contributed by atoms with van der Waals surface area (Å²) in [6.07, 6.45) is 2.11. The van der Waals surface area contributed by atoms with E-state index >= 15 is 0 Å². The quantitative estimate of drug-likeness (QED) is 0.250. The van der Waals surface area contributed by atoms with Crippen molar-refractivity contribution in [3.05, 3.63) is 95.6 Å². The predicted molar refractivity (Wildman–Crippen MR) is 156 cm³/mol. The van der Waals surface area contributed by atoms with E-state index in [1.807, 2.05) is 0 Å². The molecule has 4 N–H and O–H groups in total. The zero-order valence-corrected chi connectivity index (χ0v) is 22.5. The normalized spacial score (nSPS) is 14.2. The highest BCUT2D eigenvalue weighted by Crippen LogP contribution is 2.36. The fourth-order valence-electron chi connectivity index (χ4n) is 4.80. The molecule has 206 valence electrons. The number of benzene rings is 3. The number of methoxy groups -OCH3 is 1. The van der Waals surface area contributed by atoms with Crippen LogP contribution in [0.3, 0.4) is 0 Å². The van der Waals surface area contributed by atoms with Crippen LogP contribution in [0.25, 0.3) is 22.4 Å². The van der Waals surface area contributed by atoms with Crippen molar-refractivity contribution < 1.29 is 19.4 Å². The van der Waals surface area contributed by atoms with Crippen molar-refractivity contribution in [3.8, 4) is 40.0 Å². The molecule has 1 aliphatic heterocycles. The third kappa shape index (κ3) is 6.19. The lowest BCUT2D eigenvalue weighted by Crippen LogP contribution is -2.37. The molecule has 0 aliphatic carbocycles. The Balaban J connectivity index is 1.54. The molecule has 5 rings (SSSR count). The number of rotatable bonds is 8. The van der Waals surface area contributed by atoms with Gasteiger partial charge in [0.25, 0.3) is 11.8 Å². The number of nitrogens with zero attached hydrogens (tertiary/aromatic N) is 2. The van der Waals surface area contributed by atoms with Crippen LogP contribution in [0.5, 0.6) is 11.5 Å². The molecule has 1 aromatic heterocycles. The number of para-hydroxylation sites is 1. The summed E-state index contributed by atoms with van der Waals surface area (Å²) < 4.78 is 5.17. The number of hydrogen-bond donors (Lipinski definition) is 4. The standard InChI is InChI=1S/C32H29N5O4/c1-41-24-13-11-20(12-14-24)32(40)37-30-27(18-33)26(17-28(36-30)25-9-2-3-10-29(25)38)21-6-4-7-22(16-21)31(39)35-19-23-8-5-15-34-23/h2-4,6-7,9-14,16-17,23,34,38H,5,8,15,19H2,1H3,(H,35,39)(H,36,37,40). The molecule has 0 spiro atoms. The minimum absolute atomic E-state index is 0.00302. The summed E-state index contributed by atoms with van der Waals surface area (Å²) >= 11 is 0. The third-order valence-corrected chi connectivity index (χ3v) is 7.00. The Morgan fingerprint density at radius 1 is 1.02 bits per heavy atom. The van der Waals surface area contributed by atoms with E-state index in [2.05, 4.69) is 27.0 Å². The van der Waals surface area contributed by atoms with Crippen molar-refractivity contribution in [3.63, 3.8) is 0 Å². The van der Waals surface area contributed by atoms with E-state index in [4.69, 9.17) is 4.74 Å². The molecule has 2 heterocycles. The molecule has 4 aromatic rings. The number of anilines is 1. The highest BCUT2D eigenvalue weighted by Gasteiger charge is 2.21. The molecule has 0 saturated carbocycles. The van der Waals surface area contributed by atoms with Gasteiger partial charge in [0.1, 0.15) is 23.1 Å². The average Bonchev–Trinajstić information content (AvgIpc) is 3.53. The number of nitrogens with one attached hydrogen (secondary N) is 3. The maximum Gasteiger partial charge on any atom is 0.256 e. The van der Waals surface area contributed by atoms with Crippen LogP contribution in [0, 0.1) is 11.3 Å². The molecule has 1 aliphatic rings. The van der Waals surface area contributed by atoms with Crippen molar-refractivity contribution in [1.29, 1.82) is 5.26 Å². The fourth-order valence-corrected chi connectivity index (χ4v) is 4.80. The first-order valence-corrected chi connectivity index (χ1v) is 13.3. The van der Waals surface area contributed by atoms with Gasteiger partial charge in [0.2, 0.25) is 0 Å². The lowest BCUT2D eigenvalue weighted by atomic mass is 9.96. The van der Waals surface area contributed by atoms with Gasteiger partial charge in [-0.3, -0.25) is 9.59 Å². The molecule has 3 aromatic carbocycles. The summed E-state index contributed by atoms with van der Waals surface area (Å²) in [6, 6.07) is 24.3. The van der Waals surface area contributed by atoms with E-state index in [1.54, 1.807) is 72.8 Å². The SMILES string of the molecule is COc1ccc(C(=O)Nc2nc(-c3ccccc3O)cc(-c3cccc(C(=O)NCC4CCCN4)c3)c2C#N)cc1. The second-order valence-electron chi connectivity index (χ2n) is 9.67. The number of aromatic hydroxyl groups is 1. The van der Waals surface area contributed by atoms with Crippen LogP contribution in [-0.4, -0.2) is 48.1 Å². The highest BCUT2D eigenvalue weighted by atomic mass is 16.5. The van der Waals surface area contributed by atoms with Crippen LogP contribution in [-0.2, 0) is 0 Å². The van der Waals surface area contributed by atoms with Crippen LogP contribution < -0.4 is 20.7 Å².